The van der Waals surface area contributed by atoms with Crippen LogP contribution < -0.4 is 10.6 Å². The molecule has 0 spiro atoms. The van der Waals surface area contributed by atoms with Gasteiger partial charge < -0.3 is 19.8 Å². The molecule has 1 heterocycles. The number of carbonyl (C=O) groups excluding carboxylic acids is 1. The van der Waals surface area contributed by atoms with Crippen LogP contribution in [0.25, 0.3) is 0 Å². The Morgan fingerprint density at radius 3 is 2.89 bits per heavy atom. The molecule has 0 saturated heterocycles. The fraction of sp³-hybridized carbons (Fsp3) is 0.545. The third-order valence-corrected chi connectivity index (χ3v) is 2.46. The van der Waals surface area contributed by atoms with Crippen LogP contribution >= 0.6 is 12.2 Å². The molecule has 0 unspecified atom stereocenters. The topological polar surface area (TPSA) is 81.6 Å². The summed E-state index contributed by atoms with van der Waals surface area (Å²) in [5.41, 5.74) is 5.61. The van der Waals surface area contributed by atoms with E-state index < -0.39 is 5.97 Å². The third kappa shape index (κ3) is 3.99. The van der Waals surface area contributed by atoms with E-state index in [1.54, 1.807) is 6.92 Å². The lowest BCUT2D eigenvalue weighted by molar-refractivity contribution is 0.0519. The summed E-state index contributed by atoms with van der Waals surface area (Å²) in [6, 6.07) is 0.372. The first-order valence-corrected chi connectivity index (χ1v) is 6.15. The number of hydrogen-bond acceptors (Lipinski definition) is 6. The predicted octanol–water partition coefficient (Wildman–Crippen LogP) is 1.35. The number of thiocarbonyl (C=S) groups is 1. The van der Waals surface area contributed by atoms with Crippen molar-refractivity contribution in [2.45, 2.75) is 20.3 Å². The summed E-state index contributed by atoms with van der Waals surface area (Å²) >= 11 is 4.82. The van der Waals surface area contributed by atoms with E-state index in [0.717, 1.165) is 0 Å². The molecule has 6 nitrogen and oxygen atoms in total. The average molecular weight is 271 g/mol. The summed E-state index contributed by atoms with van der Waals surface area (Å²) < 4.78 is 10.1. The molecule has 0 aromatic carbocycles. The van der Waals surface area contributed by atoms with Gasteiger partial charge in [-0.05, 0) is 13.8 Å². The minimum atomic E-state index is -0.488. The van der Waals surface area contributed by atoms with E-state index in [-0.39, 0.29) is 5.69 Å². The third-order valence-electron chi connectivity index (χ3n) is 2.26. The molecule has 0 aliphatic carbocycles. The van der Waals surface area contributed by atoms with Gasteiger partial charge in [0.25, 0.3) is 6.01 Å². The van der Waals surface area contributed by atoms with Crippen LogP contribution in [0.15, 0.2) is 10.7 Å². The molecule has 0 aliphatic heterocycles. The van der Waals surface area contributed by atoms with Gasteiger partial charge in [-0.15, -0.1) is 0 Å². The number of esters is 1. The van der Waals surface area contributed by atoms with Gasteiger partial charge in [0.15, 0.2) is 5.69 Å². The Kier molecular flexibility index (Phi) is 5.57. The van der Waals surface area contributed by atoms with Crippen LogP contribution in [0.2, 0.25) is 0 Å². The van der Waals surface area contributed by atoms with Crippen molar-refractivity contribution in [3.63, 3.8) is 0 Å². The van der Waals surface area contributed by atoms with Gasteiger partial charge >= 0.3 is 5.97 Å². The maximum atomic E-state index is 11.4. The molecule has 100 valence electrons. The minimum absolute atomic E-state index is 0.167. The molecule has 0 aliphatic rings. The van der Waals surface area contributed by atoms with Gasteiger partial charge in [0, 0.05) is 19.5 Å². The quantitative estimate of drug-likeness (QED) is 0.592. The van der Waals surface area contributed by atoms with Gasteiger partial charge in [0.2, 0.25) is 0 Å². The van der Waals surface area contributed by atoms with E-state index in [9.17, 15) is 4.79 Å². The van der Waals surface area contributed by atoms with E-state index >= 15 is 0 Å². The largest absolute Gasteiger partial charge is 0.461 e. The highest BCUT2D eigenvalue weighted by atomic mass is 32.1. The lowest BCUT2D eigenvalue weighted by atomic mass is 10.4. The predicted molar refractivity (Wildman–Crippen MR) is 71.7 cm³/mol. The Hall–Kier alpha value is -1.63. The molecule has 1 rings (SSSR count). The molecule has 0 fully saturated rings. The van der Waals surface area contributed by atoms with Gasteiger partial charge in [0.05, 0.1) is 11.6 Å². The Bertz CT molecular complexity index is 419. The number of hydrogen-bond donors (Lipinski definition) is 1. The lowest BCUT2D eigenvalue weighted by Gasteiger charge is -2.17. The van der Waals surface area contributed by atoms with Crippen LogP contribution in [0.4, 0.5) is 6.01 Å². The Balaban J connectivity index is 2.69. The molecule has 1 aromatic rings. The number of oxazole rings is 1. The van der Waals surface area contributed by atoms with Crippen molar-refractivity contribution in [1.29, 1.82) is 0 Å². The zero-order chi connectivity index (χ0) is 13.5. The first kappa shape index (κ1) is 14.4. The number of nitrogens with zero attached hydrogens (tertiary/aromatic N) is 2. The fourth-order valence-electron chi connectivity index (χ4n) is 1.34. The molecular weight excluding hydrogens is 254 g/mol. The highest BCUT2D eigenvalue weighted by Crippen LogP contribution is 2.14. The van der Waals surface area contributed by atoms with Gasteiger partial charge in [-0.25, -0.2) is 4.79 Å². The Morgan fingerprint density at radius 1 is 1.61 bits per heavy atom. The summed E-state index contributed by atoms with van der Waals surface area (Å²) in [4.78, 5) is 17.8. The number of nitrogens with two attached hydrogens (primary N) is 1. The minimum Gasteiger partial charge on any atom is -0.461 e. The van der Waals surface area contributed by atoms with E-state index in [1.165, 1.54) is 6.26 Å². The van der Waals surface area contributed by atoms with Crippen molar-refractivity contribution in [1.82, 2.24) is 4.98 Å². The number of ether oxygens (including phenoxy) is 1. The standard InChI is InChI=1S/C11H17N3O3S/c1-3-14(6-5-9(12)18)11-13-8(7-17-11)10(15)16-4-2/h7H,3-6H2,1-2H3,(H2,12,18). The van der Waals surface area contributed by atoms with Gasteiger partial charge in [-0.2, -0.15) is 4.98 Å². The van der Waals surface area contributed by atoms with Crippen molar-refractivity contribution in [3.05, 3.63) is 12.0 Å². The van der Waals surface area contributed by atoms with Crippen molar-refractivity contribution >= 4 is 29.2 Å². The molecule has 1 aromatic heterocycles. The van der Waals surface area contributed by atoms with E-state index in [2.05, 4.69) is 4.98 Å². The van der Waals surface area contributed by atoms with Gasteiger partial charge in [0.1, 0.15) is 6.26 Å². The molecule has 0 bridgehead atoms. The Labute approximate surface area is 111 Å². The lowest BCUT2D eigenvalue weighted by Crippen LogP contribution is -2.27. The van der Waals surface area contributed by atoms with E-state index in [0.29, 0.717) is 37.1 Å². The van der Waals surface area contributed by atoms with Crippen LogP contribution in [0.3, 0.4) is 0 Å². The van der Waals surface area contributed by atoms with Crippen LogP contribution in [0.5, 0.6) is 0 Å². The second-order valence-corrected chi connectivity index (χ2v) is 4.06. The van der Waals surface area contributed by atoms with Crippen LogP contribution in [-0.4, -0.2) is 35.6 Å². The SMILES string of the molecule is CCOC(=O)c1coc(N(CC)CCC(N)=S)n1. The summed E-state index contributed by atoms with van der Waals surface area (Å²) in [6.45, 7) is 5.28. The van der Waals surface area contributed by atoms with Crippen molar-refractivity contribution in [2.75, 3.05) is 24.6 Å². The zero-order valence-corrected chi connectivity index (χ0v) is 11.3. The average Bonchev–Trinajstić information content (AvgIpc) is 2.79. The molecule has 2 N–H and O–H groups in total. The molecule has 0 radical (unpaired) electrons. The first-order valence-electron chi connectivity index (χ1n) is 5.74. The van der Waals surface area contributed by atoms with E-state index in [1.807, 2.05) is 11.8 Å². The van der Waals surface area contributed by atoms with Gasteiger partial charge in [-0.1, -0.05) is 12.2 Å². The molecule has 18 heavy (non-hydrogen) atoms. The number of carbonyl (C=O) groups is 1. The number of rotatable bonds is 7. The highest BCUT2D eigenvalue weighted by molar-refractivity contribution is 7.80. The maximum absolute atomic E-state index is 11.4. The number of aromatic nitrogens is 1. The molecular formula is C11H17N3O3S. The van der Waals surface area contributed by atoms with Crippen molar-refractivity contribution < 1.29 is 13.9 Å². The molecule has 0 amide bonds. The maximum Gasteiger partial charge on any atom is 0.360 e. The second-order valence-electron chi connectivity index (χ2n) is 3.53. The summed E-state index contributed by atoms with van der Waals surface area (Å²) in [5.74, 6) is -0.488. The van der Waals surface area contributed by atoms with Crippen LogP contribution in [0, 0.1) is 0 Å². The van der Waals surface area contributed by atoms with Crippen molar-refractivity contribution in [2.24, 2.45) is 5.73 Å². The smallest absolute Gasteiger partial charge is 0.360 e. The first-order chi connectivity index (χ1) is 8.58. The summed E-state index contributed by atoms with van der Waals surface area (Å²) in [7, 11) is 0. The Morgan fingerprint density at radius 2 is 2.33 bits per heavy atom. The molecule has 0 atom stereocenters. The molecule has 0 saturated carbocycles. The monoisotopic (exact) mass is 271 g/mol. The van der Waals surface area contributed by atoms with Gasteiger partial charge in [-0.3, -0.25) is 0 Å². The second kappa shape index (κ2) is 6.95. The summed E-state index contributed by atoms with van der Waals surface area (Å²) in [5, 5.41) is 0. The van der Waals surface area contributed by atoms with Crippen LogP contribution in [-0.2, 0) is 4.74 Å². The van der Waals surface area contributed by atoms with Crippen LogP contribution in [0.1, 0.15) is 30.8 Å². The van der Waals surface area contributed by atoms with Crippen molar-refractivity contribution in [3.8, 4) is 0 Å². The van der Waals surface area contributed by atoms with E-state index in [4.69, 9.17) is 27.1 Å². The molecule has 7 heteroatoms. The highest BCUT2D eigenvalue weighted by Gasteiger charge is 2.16. The number of anilines is 1. The zero-order valence-electron chi connectivity index (χ0n) is 10.5. The fourth-order valence-corrected chi connectivity index (χ4v) is 1.43. The summed E-state index contributed by atoms with van der Waals surface area (Å²) in [6.07, 6.45) is 1.86. The normalized spacial score (nSPS) is 10.1.